The highest BCUT2D eigenvalue weighted by molar-refractivity contribution is 8.00. The Kier molecular flexibility index (Phi) is 4.35. The van der Waals surface area contributed by atoms with Crippen LogP contribution >= 0.6 is 23.4 Å². The Hall–Kier alpha value is -1.60. The lowest BCUT2D eigenvalue weighted by Crippen LogP contribution is -2.09. The van der Waals surface area contributed by atoms with E-state index in [0.717, 1.165) is 11.8 Å². The second kappa shape index (κ2) is 6.26. The van der Waals surface area contributed by atoms with Crippen LogP contribution in [0.15, 0.2) is 27.8 Å². The highest BCUT2D eigenvalue weighted by atomic mass is 35.5. The topological polar surface area (TPSA) is 65.2 Å². The van der Waals surface area contributed by atoms with Gasteiger partial charge in [-0.2, -0.15) is 0 Å². The van der Waals surface area contributed by atoms with Gasteiger partial charge in [0.1, 0.15) is 17.2 Å². The van der Waals surface area contributed by atoms with Gasteiger partial charge in [-0.15, -0.1) is 10.2 Å². The van der Waals surface area contributed by atoms with E-state index < -0.39 is 5.82 Å². The molecule has 3 rings (SSSR count). The van der Waals surface area contributed by atoms with Crippen molar-refractivity contribution in [1.82, 2.24) is 10.2 Å². The van der Waals surface area contributed by atoms with Gasteiger partial charge in [0.15, 0.2) is 0 Å². The summed E-state index contributed by atoms with van der Waals surface area (Å²) in [6.45, 7) is 1.83. The van der Waals surface area contributed by atoms with Crippen LogP contribution in [0.2, 0.25) is 5.02 Å². The summed E-state index contributed by atoms with van der Waals surface area (Å²) in [5, 5.41) is 7.95. The molecule has 0 aliphatic carbocycles. The molecule has 1 aliphatic rings. The molecule has 5 nitrogen and oxygen atoms in total. The summed E-state index contributed by atoms with van der Waals surface area (Å²) in [5.74, 6) is -0.462. The molecule has 0 N–H and O–H groups in total. The zero-order valence-electron chi connectivity index (χ0n) is 11.6. The molecular weight excluding hydrogens is 331 g/mol. The summed E-state index contributed by atoms with van der Waals surface area (Å²) in [7, 11) is 0. The first-order valence-electron chi connectivity index (χ1n) is 6.65. The molecule has 1 saturated heterocycles. The Balaban J connectivity index is 1.70. The van der Waals surface area contributed by atoms with Gasteiger partial charge < -0.3 is 9.15 Å². The molecule has 0 saturated carbocycles. The first-order valence-corrected chi connectivity index (χ1v) is 7.91. The Morgan fingerprint density at radius 2 is 2.27 bits per heavy atom. The van der Waals surface area contributed by atoms with E-state index in [0.29, 0.717) is 17.0 Å². The van der Waals surface area contributed by atoms with Gasteiger partial charge in [0.2, 0.25) is 5.89 Å². The molecule has 2 aromatic rings. The zero-order valence-corrected chi connectivity index (χ0v) is 13.2. The first kappa shape index (κ1) is 15.3. The van der Waals surface area contributed by atoms with E-state index in [1.54, 1.807) is 6.07 Å². The quantitative estimate of drug-likeness (QED) is 0.795. The molecule has 1 aromatic heterocycles. The number of hydrogen-bond acceptors (Lipinski definition) is 6. The number of esters is 1. The number of halogens is 2. The summed E-state index contributed by atoms with van der Waals surface area (Å²) in [6, 6.07) is 4.45. The summed E-state index contributed by atoms with van der Waals surface area (Å²) in [4.78, 5) is 11.6. The molecule has 1 aromatic carbocycles. The van der Waals surface area contributed by atoms with Crippen LogP contribution in [0.1, 0.15) is 24.8 Å². The molecule has 0 unspecified atom stereocenters. The van der Waals surface area contributed by atoms with Gasteiger partial charge in [0, 0.05) is 17.0 Å². The predicted molar refractivity (Wildman–Crippen MR) is 78.3 cm³/mol. The SMILES string of the molecule is C[C@H]1C[C@H](Sc2nnc(Cc3c(F)cccc3Cl)o2)C(=O)O1. The van der Waals surface area contributed by atoms with E-state index >= 15 is 0 Å². The second-order valence-corrected chi connectivity index (χ2v) is 6.49. The number of rotatable bonds is 4. The van der Waals surface area contributed by atoms with Gasteiger partial charge in [0.25, 0.3) is 5.22 Å². The average molecular weight is 343 g/mol. The summed E-state index contributed by atoms with van der Waals surface area (Å²) in [5.41, 5.74) is 0.304. The number of ether oxygens (including phenoxy) is 1. The van der Waals surface area contributed by atoms with Crippen molar-refractivity contribution in [2.45, 2.75) is 36.3 Å². The Bertz CT molecular complexity index is 689. The number of cyclic esters (lactones) is 1. The smallest absolute Gasteiger partial charge is 0.320 e. The van der Waals surface area contributed by atoms with Crippen LogP contribution in [0, 0.1) is 5.82 Å². The molecule has 8 heteroatoms. The largest absolute Gasteiger partial charge is 0.462 e. The number of hydrogen-bond donors (Lipinski definition) is 0. The molecule has 0 spiro atoms. The Morgan fingerprint density at radius 3 is 2.95 bits per heavy atom. The van der Waals surface area contributed by atoms with Crippen molar-refractivity contribution >= 4 is 29.3 Å². The van der Waals surface area contributed by atoms with Crippen LogP contribution in [0.25, 0.3) is 0 Å². The molecule has 0 bridgehead atoms. The molecular formula is C14H12ClFN2O3S. The summed E-state index contributed by atoms with van der Waals surface area (Å²) < 4.78 is 24.2. The number of benzene rings is 1. The van der Waals surface area contributed by atoms with Gasteiger partial charge in [-0.1, -0.05) is 17.7 Å². The van der Waals surface area contributed by atoms with Crippen molar-refractivity contribution in [3.8, 4) is 0 Å². The van der Waals surface area contributed by atoms with Crippen LogP contribution in [0.4, 0.5) is 4.39 Å². The van der Waals surface area contributed by atoms with Crippen molar-refractivity contribution in [1.29, 1.82) is 0 Å². The number of nitrogens with zero attached hydrogens (tertiary/aromatic N) is 2. The Labute approximate surface area is 135 Å². The average Bonchev–Trinajstić information content (AvgIpc) is 3.02. The van der Waals surface area contributed by atoms with E-state index in [1.807, 2.05) is 6.92 Å². The van der Waals surface area contributed by atoms with Gasteiger partial charge >= 0.3 is 5.97 Å². The first-order chi connectivity index (χ1) is 10.5. The van der Waals surface area contributed by atoms with Gasteiger partial charge in [-0.05, 0) is 30.8 Å². The van der Waals surface area contributed by atoms with E-state index in [2.05, 4.69) is 10.2 Å². The number of carbonyl (C=O) groups is 1. The highest BCUT2D eigenvalue weighted by Crippen LogP contribution is 2.32. The van der Waals surface area contributed by atoms with Crippen LogP contribution in [0.3, 0.4) is 0 Å². The number of aromatic nitrogens is 2. The van der Waals surface area contributed by atoms with Crippen LogP contribution in [-0.2, 0) is 16.0 Å². The van der Waals surface area contributed by atoms with Gasteiger partial charge in [-0.3, -0.25) is 4.79 Å². The molecule has 2 heterocycles. The third kappa shape index (κ3) is 3.25. The van der Waals surface area contributed by atoms with Crippen molar-refractivity contribution < 1.29 is 18.3 Å². The standard InChI is InChI=1S/C14H12ClFN2O3S/c1-7-5-11(13(19)20-7)22-14-18-17-12(21-14)6-8-9(15)3-2-4-10(8)16/h2-4,7,11H,5-6H2,1H3/t7-,11-/m0/s1. The number of carbonyl (C=O) groups excluding carboxylic acids is 1. The lowest BCUT2D eigenvalue weighted by Gasteiger charge is -2.02. The van der Waals surface area contributed by atoms with Gasteiger partial charge in [-0.25, -0.2) is 4.39 Å². The fraction of sp³-hybridized carbons (Fsp3) is 0.357. The maximum absolute atomic E-state index is 13.7. The zero-order chi connectivity index (χ0) is 15.7. The third-order valence-electron chi connectivity index (χ3n) is 3.21. The summed E-state index contributed by atoms with van der Waals surface area (Å²) in [6.07, 6.45) is 0.593. The van der Waals surface area contributed by atoms with Crippen molar-refractivity contribution in [2.24, 2.45) is 0 Å². The van der Waals surface area contributed by atoms with Crippen molar-refractivity contribution in [3.05, 3.63) is 40.5 Å². The molecule has 1 fully saturated rings. The minimum Gasteiger partial charge on any atom is -0.462 e. The third-order valence-corrected chi connectivity index (χ3v) is 4.60. The molecule has 1 aliphatic heterocycles. The number of thioether (sulfide) groups is 1. The lowest BCUT2D eigenvalue weighted by molar-refractivity contribution is -0.140. The maximum atomic E-state index is 13.7. The molecule has 116 valence electrons. The van der Waals surface area contributed by atoms with Crippen LogP contribution in [0.5, 0.6) is 0 Å². The second-order valence-electron chi connectivity index (χ2n) is 4.93. The van der Waals surface area contributed by atoms with Crippen LogP contribution < -0.4 is 0 Å². The van der Waals surface area contributed by atoms with E-state index in [-0.39, 0.29) is 34.9 Å². The minimum atomic E-state index is -0.423. The molecule has 0 radical (unpaired) electrons. The fourth-order valence-electron chi connectivity index (χ4n) is 2.15. The van der Waals surface area contributed by atoms with Crippen LogP contribution in [-0.4, -0.2) is 27.5 Å². The molecule has 2 atom stereocenters. The van der Waals surface area contributed by atoms with E-state index in [4.69, 9.17) is 20.8 Å². The summed E-state index contributed by atoms with van der Waals surface area (Å²) >= 11 is 7.12. The highest BCUT2D eigenvalue weighted by Gasteiger charge is 2.34. The maximum Gasteiger partial charge on any atom is 0.320 e. The van der Waals surface area contributed by atoms with Crippen molar-refractivity contribution in [3.63, 3.8) is 0 Å². The Morgan fingerprint density at radius 1 is 1.45 bits per heavy atom. The lowest BCUT2D eigenvalue weighted by atomic mass is 10.1. The fourth-order valence-corrected chi connectivity index (χ4v) is 3.37. The van der Waals surface area contributed by atoms with Crippen molar-refractivity contribution in [2.75, 3.05) is 0 Å². The molecule has 0 amide bonds. The minimum absolute atomic E-state index is 0.102. The predicted octanol–water partition coefficient (Wildman–Crippen LogP) is 3.25. The normalized spacial score (nSPS) is 21.1. The van der Waals surface area contributed by atoms with Gasteiger partial charge in [0.05, 0.1) is 6.42 Å². The van der Waals surface area contributed by atoms with E-state index in [9.17, 15) is 9.18 Å². The van der Waals surface area contributed by atoms with E-state index in [1.165, 1.54) is 12.1 Å². The monoisotopic (exact) mass is 342 g/mol. The molecule has 22 heavy (non-hydrogen) atoms.